The molecule has 5 heteroatoms. The first-order valence-corrected chi connectivity index (χ1v) is 7.42. The number of aliphatic hydroxyl groups excluding tert-OH is 2. The van der Waals surface area contributed by atoms with Gasteiger partial charge in [0, 0.05) is 24.2 Å². The zero-order valence-corrected chi connectivity index (χ0v) is 13.0. The molecule has 2 aromatic rings. The Kier molecular flexibility index (Phi) is 5.46. The Balaban J connectivity index is 2.32. The molecule has 0 unspecified atom stereocenters. The van der Waals surface area contributed by atoms with Crippen molar-refractivity contribution in [2.24, 2.45) is 0 Å². The van der Waals surface area contributed by atoms with Crippen LogP contribution in [0.1, 0.15) is 16.8 Å². The summed E-state index contributed by atoms with van der Waals surface area (Å²) in [5, 5.41) is 19.1. The van der Waals surface area contributed by atoms with E-state index in [4.69, 9.17) is 10.2 Å². The number of hydrogen-bond donors (Lipinski definition) is 2. The molecular formula is C17H22N2O3. The van der Waals surface area contributed by atoms with Crippen molar-refractivity contribution in [2.45, 2.75) is 20.3 Å². The van der Waals surface area contributed by atoms with Crippen LogP contribution in [0.4, 0.5) is 0 Å². The Bertz CT molecular complexity index is 664. The number of carbonyl (C=O) groups is 1. The van der Waals surface area contributed by atoms with Gasteiger partial charge in [0.25, 0.3) is 0 Å². The van der Waals surface area contributed by atoms with Gasteiger partial charge in [0.1, 0.15) is 0 Å². The lowest BCUT2D eigenvalue weighted by Gasteiger charge is -2.22. The minimum absolute atomic E-state index is 0.105. The number of rotatable bonds is 6. The number of carbonyl (C=O) groups excluding carboxylic acids is 1. The van der Waals surface area contributed by atoms with Gasteiger partial charge < -0.3 is 15.1 Å². The summed E-state index contributed by atoms with van der Waals surface area (Å²) in [7, 11) is 0. The van der Waals surface area contributed by atoms with E-state index >= 15 is 0 Å². The number of aliphatic hydroxyl groups is 2. The first-order valence-electron chi connectivity index (χ1n) is 7.42. The first kappa shape index (κ1) is 16.4. The number of aryl methyl sites for hydroxylation is 2. The molecule has 2 N–H and O–H groups in total. The van der Waals surface area contributed by atoms with E-state index in [9.17, 15) is 4.79 Å². The van der Waals surface area contributed by atoms with Gasteiger partial charge in [0.15, 0.2) is 0 Å². The van der Waals surface area contributed by atoms with Crippen molar-refractivity contribution in [3.8, 4) is 0 Å². The van der Waals surface area contributed by atoms with Gasteiger partial charge in [-0.3, -0.25) is 9.78 Å². The normalized spacial score (nSPS) is 10.9. The summed E-state index contributed by atoms with van der Waals surface area (Å²) in [5.74, 6) is -0.105. The predicted molar refractivity (Wildman–Crippen MR) is 85.7 cm³/mol. The van der Waals surface area contributed by atoms with Crippen molar-refractivity contribution in [1.29, 1.82) is 0 Å². The minimum atomic E-state index is -0.111. The smallest absolute Gasteiger partial charge is 0.227 e. The van der Waals surface area contributed by atoms with Crippen LogP contribution in [0.3, 0.4) is 0 Å². The Morgan fingerprint density at radius 3 is 2.41 bits per heavy atom. The van der Waals surface area contributed by atoms with E-state index in [0.717, 1.165) is 27.7 Å². The number of amides is 1. The fraction of sp³-hybridized carbons (Fsp3) is 0.412. The van der Waals surface area contributed by atoms with Crippen LogP contribution < -0.4 is 0 Å². The van der Waals surface area contributed by atoms with E-state index in [1.54, 1.807) is 0 Å². The third-order valence-corrected chi connectivity index (χ3v) is 3.91. The van der Waals surface area contributed by atoms with Gasteiger partial charge in [-0.25, -0.2) is 0 Å². The van der Waals surface area contributed by atoms with E-state index < -0.39 is 0 Å². The van der Waals surface area contributed by atoms with Crippen LogP contribution in [-0.2, 0) is 11.2 Å². The molecule has 0 fully saturated rings. The molecule has 5 nitrogen and oxygen atoms in total. The topological polar surface area (TPSA) is 73.7 Å². The summed E-state index contributed by atoms with van der Waals surface area (Å²) < 4.78 is 0. The fourth-order valence-electron chi connectivity index (χ4n) is 2.70. The average Bonchev–Trinajstić information content (AvgIpc) is 2.51. The van der Waals surface area contributed by atoms with Gasteiger partial charge in [-0.2, -0.15) is 0 Å². The molecule has 118 valence electrons. The molecule has 2 rings (SSSR count). The quantitative estimate of drug-likeness (QED) is 0.841. The summed E-state index contributed by atoms with van der Waals surface area (Å²) in [6.45, 7) is 4.16. The van der Waals surface area contributed by atoms with E-state index in [1.807, 2.05) is 38.1 Å². The number of hydrogen-bond acceptors (Lipinski definition) is 4. The van der Waals surface area contributed by atoms with E-state index in [-0.39, 0.29) is 38.6 Å². The van der Waals surface area contributed by atoms with Crippen LogP contribution in [0.2, 0.25) is 0 Å². The molecule has 0 saturated heterocycles. The lowest BCUT2D eigenvalue weighted by Crippen LogP contribution is -2.37. The predicted octanol–water partition coefficient (Wildman–Crippen LogP) is 1.21. The maximum absolute atomic E-state index is 12.4. The zero-order valence-electron chi connectivity index (χ0n) is 13.0. The van der Waals surface area contributed by atoms with Gasteiger partial charge in [0.2, 0.25) is 5.91 Å². The summed E-state index contributed by atoms with van der Waals surface area (Å²) >= 11 is 0. The summed E-state index contributed by atoms with van der Waals surface area (Å²) in [4.78, 5) is 18.5. The summed E-state index contributed by atoms with van der Waals surface area (Å²) in [6.07, 6.45) is 0.232. The molecule has 1 heterocycles. The molecule has 1 aromatic carbocycles. The highest BCUT2D eigenvalue weighted by Crippen LogP contribution is 2.23. The van der Waals surface area contributed by atoms with Crippen molar-refractivity contribution >= 4 is 16.8 Å². The Morgan fingerprint density at radius 1 is 1.14 bits per heavy atom. The largest absolute Gasteiger partial charge is 0.395 e. The highest BCUT2D eigenvalue weighted by Gasteiger charge is 2.17. The minimum Gasteiger partial charge on any atom is -0.395 e. The number of nitrogens with zero attached hydrogens (tertiary/aromatic N) is 2. The Labute approximate surface area is 130 Å². The molecule has 0 aliphatic rings. The second-order valence-electron chi connectivity index (χ2n) is 5.32. The maximum atomic E-state index is 12.4. The van der Waals surface area contributed by atoms with Gasteiger partial charge in [-0.15, -0.1) is 0 Å². The first-order chi connectivity index (χ1) is 10.6. The number of fused-ring (bicyclic) bond motifs is 1. The molecule has 0 spiro atoms. The van der Waals surface area contributed by atoms with Crippen LogP contribution in [0.25, 0.3) is 10.9 Å². The molecule has 0 atom stereocenters. The van der Waals surface area contributed by atoms with E-state index in [1.165, 1.54) is 4.90 Å². The van der Waals surface area contributed by atoms with Gasteiger partial charge in [0.05, 0.1) is 25.2 Å². The van der Waals surface area contributed by atoms with Gasteiger partial charge >= 0.3 is 0 Å². The van der Waals surface area contributed by atoms with E-state index in [0.29, 0.717) is 0 Å². The Morgan fingerprint density at radius 2 is 1.77 bits per heavy atom. The highest BCUT2D eigenvalue weighted by molar-refractivity contribution is 5.86. The molecule has 0 radical (unpaired) electrons. The van der Waals surface area contributed by atoms with Crippen molar-refractivity contribution in [1.82, 2.24) is 9.88 Å². The molecule has 0 bridgehead atoms. The van der Waals surface area contributed by atoms with Crippen molar-refractivity contribution < 1.29 is 15.0 Å². The van der Waals surface area contributed by atoms with Crippen molar-refractivity contribution in [2.75, 3.05) is 26.3 Å². The van der Waals surface area contributed by atoms with Crippen LogP contribution in [0.15, 0.2) is 24.3 Å². The number of aromatic nitrogens is 1. The number of para-hydroxylation sites is 1. The number of pyridine rings is 1. The molecule has 1 amide bonds. The third-order valence-electron chi connectivity index (χ3n) is 3.91. The van der Waals surface area contributed by atoms with Crippen molar-refractivity contribution in [3.05, 3.63) is 41.1 Å². The van der Waals surface area contributed by atoms with Crippen LogP contribution in [0.5, 0.6) is 0 Å². The molecule has 0 aliphatic heterocycles. The standard InChI is InChI=1S/C17H22N2O3/c1-12-14-5-3-4-6-16(14)18-13(2)15(12)11-17(22)19(7-9-20)8-10-21/h3-6,20-21H,7-11H2,1-2H3. The molecular weight excluding hydrogens is 280 g/mol. The molecule has 1 aromatic heterocycles. The van der Waals surface area contributed by atoms with Crippen LogP contribution in [-0.4, -0.2) is 52.3 Å². The van der Waals surface area contributed by atoms with E-state index in [2.05, 4.69) is 4.98 Å². The fourth-order valence-corrected chi connectivity index (χ4v) is 2.70. The summed E-state index contributed by atoms with van der Waals surface area (Å²) in [5.41, 5.74) is 3.75. The maximum Gasteiger partial charge on any atom is 0.227 e. The molecule has 22 heavy (non-hydrogen) atoms. The SMILES string of the molecule is Cc1nc2ccccc2c(C)c1CC(=O)N(CCO)CCO. The highest BCUT2D eigenvalue weighted by atomic mass is 16.3. The molecule has 0 saturated carbocycles. The van der Waals surface area contributed by atoms with Gasteiger partial charge in [-0.1, -0.05) is 18.2 Å². The van der Waals surface area contributed by atoms with Crippen molar-refractivity contribution in [3.63, 3.8) is 0 Å². The lowest BCUT2D eigenvalue weighted by molar-refractivity contribution is -0.131. The van der Waals surface area contributed by atoms with Crippen LogP contribution >= 0.6 is 0 Å². The van der Waals surface area contributed by atoms with Gasteiger partial charge in [-0.05, 0) is 31.0 Å². The Hall–Kier alpha value is -1.98. The second kappa shape index (κ2) is 7.33. The zero-order chi connectivity index (χ0) is 16.1. The number of benzene rings is 1. The second-order valence-corrected chi connectivity index (χ2v) is 5.32. The average molecular weight is 302 g/mol. The third kappa shape index (κ3) is 3.43. The lowest BCUT2D eigenvalue weighted by atomic mass is 9.99. The molecule has 0 aliphatic carbocycles. The monoisotopic (exact) mass is 302 g/mol. The van der Waals surface area contributed by atoms with Crippen LogP contribution in [0, 0.1) is 13.8 Å². The summed E-state index contributed by atoms with van der Waals surface area (Å²) in [6, 6.07) is 7.88.